The summed E-state index contributed by atoms with van der Waals surface area (Å²) in [4.78, 5) is 0. The van der Waals surface area contributed by atoms with Gasteiger partial charge in [-0.15, -0.1) is 0 Å². The minimum absolute atomic E-state index is 0.0444. The highest BCUT2D eigenvalue weighted by Gasteiger charge is 2.02. The fourth-order valence-electron chi connectivity index (χ4n) is 0.840. The summed E-state index contributed by atoms with van der Waals surface area (Å²) in [6.45, 7) is 0.0444. The first kappa shape index (κ1) is 10.8. The van der Waals surface area contributed by atoms with Crippen molar-refractivity contribution in [1.82, 2.24) is 0 Å². The molecule has 0 aliphatic carbocycles. The lowest BCUT2D eigenvalue weighted by Gasteiger charge is -2.04. The Hall–Kier alpha value is -1.27. The van der Waals surface area contributed by atoms with Gasteiger partial charge in [-0.3, -0.25) is 0 Å². The second-order valence-electron chi connectivity index (χ2n) is 2.78. The van der Waals surface area contributed by atoms with Crippen molar-refractivity contribution in [2.45, 2.75) is 0 Å². The van der Waals surface area contributed by atoms with Crippen LogP contribution in [0, 0.1) is 0 Å². The maximum Gasteiger partial charge on any atom is 0.212 e. The molecule has 0 saturated carbocycles. The zero-order chi connectivity index (χ0) is 10.6. The molecule has 1 aromatic carbocycles. The van der Waals surface area contributed by atoms with Crippen molar-refractivity contribution in [3.63, 3.8) is 0 Å². The molecule has 14 heavy (non-hydrogen) atoms. The van der Waals surface area contributed by atoms with Crippen molar-refractivity contribution in [1.29, 1.82) is 0 Å². The lowest BCUT2D eigenvalue weighted by Crippen LogP contribution is -2.21. The average Bonchev–Trinajstić information content (AvgIpc) is 2.06. The molecule has 78 valence electrons. The molecule has 1 aromatic rings. The van der Waals surface area contributed by atoms with Crippen LogP contribution < -0.4 is 15.6 Å². The second kappa shape index (κ2) is 4.30. The van der Waals surface area contributed by atoms with Crippen LogP contribution in [0.4, 0.5) is 5.69 Å². The van der Waals surface area contributed by atoms with Crippen LogP contribution in [0.5, 0.6) is 5.75 Å². The van der Waals surface area contributed by atoms with Crippen molar-refractivity contribution in [2.75, 3.05) is 18.1 Å². The molecule has 0 heterocycles. The van der Waals surface area contributed by atoms with Gasteiger partial charge in [-0.1, -0.05) is 0 Å². The van der Waals surface area contributed by atoms with Gasteiger partial charge >= 0.3 is 0 Å². The maximum atomic E-state index is 10.6. The van der Waals surface area contributed by atoms with Crippen molar-refractivity contribution >= 4 is 15.7 Å². The van der Waals surface area contributed by atoms with E-state index in [9.17, 15) is 8.42 Å². The van der Waals surface area contributed by atoms with Gasteiger partial charge < -0.3 is 10.5 Å². The van der Waals surface area contributed by atoms with Crippen LogP contribution in [0.2, 0.25) is 0 Å². The number of rotatable bonds is 4. The summed E-state index contributed by atoms with van der Waals surface area (Å²) in [6, 6.07) is 6.68. The second-order valence-corrected chi connectivity index (χ2v) is 4.52. The van der Waals surface area contributed by atoms with Crippen LogP contribution in [0.15, 0.2) is 24.3 Å². The molecule has 4 N–H and O–H groups in total. The molecule has 0 radical (unpaired) electrons. The molecule has 6 heteroatoms. The Bertz CT molecular complexity index is 386. The molecule has 0 atom stereocenters. The summed E-state index contributed by atoms with van der Waals surface area (Å²) in [5.74, 6) is 0.375. The van der Waals surface area contributed by atoms with Crippen LogP contribution >= 0.6 is 0 Å². The van der Waals surface area contributed by atoms with E-state index in [2.05, 4.69) is 0 Å². The van der Waals surface area contributed by atoms with Crippen LogP contribution in [-0.4, -0.2) is 20.8 Å². The first-order valence-corrected chi connectivity index (χ1v) is 5.68. The van der Waals surface area contributed by atoms with E-state index in [1.54, 1.807) is 24.3 Å². The van der Waals surface area contributed by atoms with Crippen molar-refractivity contribution in [2.24, 2.45) is 5.14 Å². The summed E-state index contributed by atoms with van der Waals surface area (Å²) < 4.78 is 26.2. The van der Waals surface area contributed by atoms with E-state index < -0.39 is 10.0 Å². The third-order valence-electron chi connectivity index (χ3n) is 1.52. The van der Waals surface area contributed by atoms with Gasteiger partial charge in [0.05, 0.1) is 5.75 Å². The number of primary sulfonamides is 1. The van der Waals surface area contributed by atoms with Crippen LogP contribution in [0.3, 0.4) is 0 Å². The van der Waals surface area contributed by atoms with Gasteiger partial charge in [-0.2, -0.15) is 0 Å². The zero-order valence-electron chi connectivity index (χ0n) is 7.51. The molecule has 0 aliphatic rings. The largest absolute Gasteiger partial charge is 0.492 e. The van der Waals surface area contributed by atoms with Gasteiger partial charge in [0.1, 0.15) is 12.4 Å². The van der Waals surface area contributed by atoms with E-state index in [0.29, 0.717) is 11.4 Å². The fraction of sp³-hybridized carbons (Fsp3) is 0.250. The average molecular weight is 216 g/mol. The smallest absolute Gasteiger partial charge is 0.212 e. The Labute approximate surface area is 82.7 Å². The number of anilines is 1. The van der Waals surface area contributed by atoms with Gasteiger partial charge in [0.25, 0.3) is 0 Å². The Kier molecular flexibility index (Phi) is 3.32. The van der Waals surface area contributed by atoms with E-state index >= 15 is 0 Å². The van der Waals surface area contributed by atoms with E-state index in [4.69, 9.17) is 15.6 Å². The fourth-order valence-corrected chi connectivity index (χ4v) is 1.16. The van der Waals surface area contributed by atoms with Crippen molar-refractivity contribution in [3.8, 4) is 5.75 Å². The van der Waals surface area contributed by atoms with E-state index in [1.165, 1.54) is 0 Å². The minimum Gasteiger partial charge on any atom is -0.492 e. The maximum absolute atomic E-state index is 10.6. The number of hydrogen-bond acceptors (Lipinski definition) is 4. The molecule has 1 rings (SSSR count). The first-order chi connectivity index (χ1) is 6.47. The molecule has 0 aromatic heterocycles. The topological polar surface area (TPSA) is 95.4 Å². The summed E-state index contributed by atoms with van der Waals surface area (Å²) in [5.41, 5.74) is 6.08. The first-order valence-electron chi connectivity index (χ1n) is 3.96. The Morgan fingerprint density at radius 1 is 1.21 bits per heavy atom. The van der Waals surface area contributed by atoms with Gasteiger partial charge in [0.15, 0.2) is 0 Å². The quantitative estimate of drug-likeness (QED) is 0.689. The monoisotopic (exact) mass is 216 g/mol. The zero-order valence-corrected chi connectivity index (χ0v) is 8.33. The molecule has 0 fully saturated rings. The van der Waals surface area contributed by atoms with Crippen molar-refractivity contribution in [3.05, 3.63) is 24.3 Å². The van der Waals surface area contributed by atoms with Gasteiger partial charge in [0, 0.05) is 5.69 Å². The van der Waals surface area contributed by atoms with E-state index in [0.717, 1.165) is 0 Å². The molecule has 5 nitrogen and oxygen atoms in total. The SMILES string of the molecule is Nc1ccc(OCCS(N)(=O)=O)cc1. The Morgan fingerprint density at radius 2 is 1.79 bits per heavy atom. The van der Waals surface area contributed by atoms with Gasteiger partial charge in [0.2, 0.25) is 10.0 Å². The summed E-state index contributed by atoms with van der Waals surface area (Å²) in [7, 11) is -3.45. The number of benzene rings is 1. The highest BCUT2D eigenvalue weighted by molar-refractivity contribution is 7.89. The van der Waals surface area contributed by atoms with Crippen LogP contribution in [0.1, 0.15) is 0 Å². The van der Waals surface area contributed by atoms with Crippen molar-refractivity contribution < 1.29 is 13.2 Å². The molecule has 0 amide bonds. The van der Waals surface area contributed by atoms with E-state index in [1.807, 2.05) is 0 Å². The van der Waals surface area contributed by atoms with Gasteiger partial charge in [-0.25, -0.2) is 13.6 Å². The molecule has 0 bridgehead atoms. The standard InChI is InChI=1S/C8H12N2O3S/c9-7-1-3-8(4-2-7)13-5-6-14(10,11)12/h1-4H,5-6,9H2,(H2,10,11,12). The number of nitrogen functional groups attached to an aromatic ring is 1. The Balaban J connectivity index is 2.43. The molecule has 0 unspecified atom stereocenters. The number of hydrogen-bond donors (Lipinski definition) is 2. The molecule has 0 spiro atoms. The molecular formula is C8H12N2O3S. The molecular weight excluding hydrogens is 204 g/mol. The van der Waals surface area contributed by atoms with Gasteiger partial charge in [-0.05, 0) is 24.3 Å². The summed E-state index contributed by atoms with van der Waals surface area (Å²) in [6.07, 6.45) is 0. The summed E-state index contributed by atoms with van der Waals surface area (Å²) in [5, 5.41) is 4.80. The molecule has 0 saturated heterocycles. The normalized spacial score (nSPS) is 11.2. The lowest BCUT2D eigenvalue weighted by molar-refractivity contribution is 0.341. The number of sulfonamides is 1. The summed E-state index contributed by atoms with van der Waals surface area (Å²) >= 11 is 0. The molecule has 0 aliphatic heterocycles. The third-order valence-corrected chi connectivity index (χ3v) is 2.25. The number of nitrogens with two attached hydrogens (primary N) is 2. The third kappa shape index (κ3) is 4.11. The minimum atomic E-state index is -3.45. The Morgan fingerprint density at radius 3 is 2.29 bits per heavy atom. The lowest BCUT2D eigenvalue weighted by atomic mass is 10.3. The van der Waals surface area contributed by atoms with Crippen LogP contribution in [-0.2, 0) is 10.0 Å². The highest BCUT2D eigenvalue weighted by atomic mass is 32.2. The highest BCUT2D eigenvalue weighted by Crippen LogP contribution is 2.12. The van der Waals surface area contributed by atoms with E-state index in [-0.39, 0.29) is 12.4 Å². The number of ether oxygens (including phenoxy) is 1. The predicted octanol–water partition coefficient (Wildman–Crippen LogP) is -0.0639. The van der Waals surface area contributed by atoms with Crippen LogP contribution in [0.25, 0.3) is 0 Å². The predicted molar refractivity (Wildman–Crippen MR) is 54.3 cm³/mol.